The van der Waals surface area contributed by atoms with Crippen molar-refractivity contribution in [2.75, 3.05) is 7.05 Å². The molecule has 2 aromatic carbocycles. The molecule has 0 aromatic heterocycles. The lowest BCUT2D eigenvalue weighted by Crippen LogP contribution is -2.32. The lowest BCUT2D eigenvalue weighted by atomic mass is 9.92. The number of benzene rings is 2. The molecule has 1 fully saturated rings. The van der Waals surface area contributed by atoms with Crippen LogP contribution in [0.2, 0.25) is 0 Å². The van der Waals surface area contributed by atoms with E-state index in [1.807, 2.05) is 0 Å². The third-order valence-corrected chi connectivity index (χ3v) is 5.68. The van der Waals surface area contributed by atoms with Crippen LogP contribution in [0.15, 0.2) is 42.5 Å². The first-order valence-electron chi connectivity index (χ1n) is 9.77. The van der Waals surface area contributed by atoms with Gasteiger partial charge in [-0.25, -0.2) is 4.39 Å². The molecule has 31 heavy (non-hydrogen) atoms. The summed E-state index contributed by atoms with van der Waals surface area (Å²) in [5, 5.41) is 3.16. The molecule has 1 saturated carbocycles. The standard InChI is InChI=1S/C22H22F7NO/c1-12(14-9-15(21(24,25)26)11-16(10-14)22(27,28)29)31-19-8-7-18(30-2)20(19)13-3-5-17(23)6-4-13/h3-6,9-12,18-20,30H,7-8H2,1-2H3/t12-,18?,19?,20?/m1/s1. The van der Waals surface area contributed by atoms with E-state index < -0.39 is 41.5 Å². The number of likely N-dealkylation sites (N-methyl/N-ethyl adjacent to an activating group) is 1. The van der Waals surface area contributed by atoms with E-state index in [1.54, 1.807) is 19.2 Å². The molecule has 1 aliphatic carbocycles. The quantitative estimate of drug-likeness (QED) is 0.528. The summed E-state index contributed by atoms with van der Waals surface area (Å²) >= 11 is 0. The van der Waals surface area contributed by atoms with Crippen LogP contribution in [0.3, 0.4) is 0 Å². The average molecular weight is 449 g/mol. The highest BCUT2D eigenvalue weighted by molar-refractivity contribution is 5.35. The van der Waals surface area contributed by atoms with Gasteiger partial charge in [0, 0.05) is 12.0 Å². The Bertz CT molecular complexity index is 860. The monoisotopic (exact) mass is 449 g/mol. The Balaban J connectivity index is 1.90. The number of halogens is 7. The van der Waals surface area contributed by atoms with Crippen LogP contribution >= 0.6 is 0 Å². The van der Waals surface area contributed by atoms with E-state index >= 15 is 0 Å². The molecule has 0 saturated heterocycles. The van der Waals surface area contributed by atoms with Gasteiger partial charge in [-0.05, 0) is 68.3 Å². The van der Waals surface area contributed by atoms with Crippen molar-refractivity contribution in [3.63, 3.8) is 0 Å². The van der Waals surface area contributed by atoms with Crippen molar-refractivity contribution in [2.45, 2.75) is 56.3 Å². The number of hydrogen-bond donors (Lipinski definition) is 1. The smallest absolute Gasteiger partial charge is 0.370 e. The summed E-state index contributed by atoms with van der Waals surface area (Å²) in [6.07, 6.45) is -10.0. The van der Waals surface area contributed by atoms with Gasteiger partial charge in [0.15, 0.2) is 0 Å². The van der Waals surface area contributed by atoms with Crippen molar-refractivity contribution in [3.05, 3.63) is 70.5 Å². The highest BCUT2D eigenvalue weighted by Crippen LogP contribution is 2.41. The van der Waals surface area contributed by atoms with E-state index in [0.29, 0.717) is 25.0 Å². The van der Waals surface area contributed by atoms with Crippen LogP contribution in [0.5, 0.6) is 0 Å². The van der Waals surface area contributed by atoms with Crippen molar-refractivity contribution < 1.29 is 35.5 Å². The average Bonchev–Trinajstić information content (AvgIpc) is 3.09. The lowest BCUT2D eigenvalue weighted by Gasteiger charge is -2.28. The molecule has 0 spiro atoms. The second-order valence-electron chi connectivity index (χ2n) is 7.71. The van der Waals surface area contributed by atoms with Gasteiger partial charge in [-0.3, -0.25) is 0 Å². The Morgan fingerprint density at radius 3 is 1.94 bits per heavy atom. The molecule has 0 amide bonds. The summed E-state index contributed by atoms with van der Waals surface area (Å²) in [6.45, 7) is 1.43. The van der Waals surface area contributed by atoms with Gasteiger partial charge in [0.25, 0.3) is 0 Å². The zero-order chi connectivity index (χ0) is 23.0. The molecule has 1 aliphatic rings. The molecule has 0 bridgehead atoms. The van der Waals surface area contributed by atoms with Crippen LogP contribution in [-0.4, -0.2) is 19.2 Å². The zero-order valence-electron chi connectivity index (χ0n) is 16.8. The fourth-order valence-corrected chi connectivity index (χ4v) is 4.13. The molecule has 0 radical (unpaired) electrons. The Hall–Kier alpha value is -2.13. The van der Waals surface area contributed by atoms with E-state index in [-0.39, 0.29) is 23.6 Å². The van der Waals surface area contributed by atoms with Crippen LogP contribution in [0.1, 0.15) is 54.0 Å². The molecule has 0 aliphatic heterocycles. The van der Waals surface area contributed by atoms with E-state index in [9.17, 15) is 30.7 Å². The van der Waals surface area contributed by atoms with Crippen molar-refractivity contribution in [1.82, 2.24) is 5.32 Å². The third-order valence-electron chi connectivity index (χ3n) is 5.68. The van der Waals surface area contributed by atoms with E-state index in [2.05, 4.69) is 5.32 Å². The van der Waals surface area contributed by atoms with Gasteiger partial charge < -0.3 is 10.1 Å². The summed E-state index contributed by atoms with van der Waals surface area (Å²) in [6, 6.07) is 7.31. The molecule has 0 heterocycles. The van der Waals surface area contributed by atoms with Crippen molar-refractivity contribution in [1.29, 1.82) is 0 Å². The topological polar surface area (TPSA) is 21.3 Å². The molecule has 3 unspecified atom stereocenters. The molecule has 2 aromatic rings. The first-order valence-corrected chi connectivity index (χ1v) is 9.77. The lowest BCUT2D eigenvalue weighted by molar-refractivity contribution is -0.143. The van der Waals surface area contributed by atoms with E-state index in [4.69, 9.17) is 4.74 Å². The number of ether oxygens (including phenoxy) is 1. The minimum Gasteiger partial charge on any atom is -0.370 e. The highest BCUT2D eigenvalue weighted by Gasteiger charge is 2.40. The van der Waals surface area contributed by atoms with Crippen LogP contribution in [0, 0.1) is 5.82 Å². The molecular weight excluding hydrogens is 427 g/mol. The van der Waals surface area contributed by atoms with Gasteiger partial charge in [0.05, 0.1) is 23.3 Å². The summed E-state index contributed by atoms with van der Waals surface area (Å²) in [4.78, 5) is 0. The van der Waals surface area contributed by atoms with Crippen LogP contribution in [0.4, 0.5) is 30.7 Å². The molecule has 9 heteroatoms. The van der Waals surface area contributed by atoms with Crippen molar-refractivity contribution >= 4 is 0 Å². The van der Waals surface area contributed by atoms with Gasteiger partial charge in [-0.2, -0.15) is 26.3 Å². The summed E-state index contributed by atoms with van der Waals surface area (Å²) in [7, 11) is 1.76. The Morgan fingerprint density at radius 1 is 0.903 bits per heavy atom. The number of hydrogen-bond acceptors (Lipinski definition) is 2. The maximum absolute atomic E-state index is 13.3. The van der Waals surface area contributed by atoms with Gasteiger partial charge in [0.2, 0.25) is 0 Å². The van der Waals surface area contributed by atoms with Gasteiger partial charge in [-0.15, -0.1) is 0 Å². The first-order chi connectivity index (χ1) is 14.4. The fraction of sp³-hybridized carbons (Fsp3) is 0.455. The zero-order valence-corrected chi connectivity index (χ0v) is 16.8. The molecular formula is C22H22F7NO. The minimum absolute atomic E-state index is 0.0186. The van der Waals surface area contributed by atoms with Crippen LogP contribution < -0.4 is 5.32 Å². The first kappa shape index (κ1) is 23.5. The maximum atomic E-state index is 13.3. The number of rotatable bonds is 5. The van der Waals surface area contributed by atoms with Gasteiger partial charge in [-0.1, -0.05) is 12.1 Å². The molecule has 3 rings (SSSR count). The van der Waals surface area contributed by atoms with E-state index in [1.165, 1.54) is 19.1 Å². The molecule has 2 nitrogen and oxygen atoms in total. The van der Waals surface area contributed by atoms with Gasteiger partial charge >= 0.3 is 12.4 Å². The third kappa shape index (κ3) is 5.38. The van der Waals surface area contributed by atoms with Crippen molar-refractivity contribution in [2.24, 2.45) is 0 Å². The molecule has 4 atom stereocenters. The summed E-state index contributed by atoms with van der Waals surface area (Å²) in [5.74, 6) is -0.627. The van der Waals surface area contributed by atoms with Gasteiger partial charge in [0.1, 0.15) is 5.82 Å². The number of nitrogens with one attached hydrogen (secondary N) is 1. The second kappa shape index (κ2) is 8.78. The summed E-state index contributed by atoms with van der Waals surface area (Å²) < 4.78 is 98.3. The van der Waals surface area contributed by atoms with Crippen molar-refractivity contribution in [3.8, 4) is 0 Å². The largest absolute Gasteiger partial charge is 0.416 e. The Kier molecular flexibility index (Phi) is 6.67. The predicted octanol–water partition coefficient (Wildman–Crippen LogP) is 6.48. The molecule has 170 valence electrons. The second-order valence-corrected chi connectivity index (χ2v) is 7.71. The predicted molar refractivity (Wildman–Crippen MR) is 101 cm³/mol. The normalized spacial score (nSPS) is 23.2. The maximum Gasteiger partial charge on any atom is 0.416 e. The van der Waals surface area contributed by atoms with Crippen LogP contribution in [-0.2, 0) is 17.1 Å². The highest BCUT2D eigenvalue weighted by atomic mass is 19.4. The Morgan fingerprint density at radius 2 is 1.45 bits per heavy atom. The number of alkyl halides is 6. The van der Waals surface area contributed by atoms with E-state index in [0.717, 1.165) is 5.56 Å². The minimum atomic E-state index is -4.92. The summed E-state index contributed by atoms with van der Waals surface area (Å²) in [5.41, 5.74) is -2.16. The SMILES string of the molecule is CNC1CCC(O[C@H](C)c2cc(C(F)(F)F)cc(C(F)(F)F)c2)C1c1ccc(F)cc1. The fourth-order valence-electron chi connectivity index (χ4n) is 4.13. The Labute approximate surface area is 175 Å². The van der Waals surface area contributed by atoms with Crippen LogP contribution in [0.25, 0.3) is 0 Å². The molecule has 1 N–H and O–H groups in total.